The first-order valence-electron chi connectivity index (χ1n) is 17.5. The molecule has 0 spiro atoms. The summed E-state index contributed by atoms with van der Waals surface area (Å²) in [6, 6.07) is 9.90. The van der Waals surface area contributed by atoms with Gasteiger partial charge in [-0.05, 0) is 75.7 Å². The maximum Gasteiger partial charge on any atom is 0.530 e. The third kappa shape index (κ3) is 16.1. The Bertz CT molecular complexity index is 1960. The fourth-order valence-corrected chi connectivity index (χ4v) is 8.03. The van der Waals surface area contributed by atoms with Crippen molar-refractivity contribution in [2.45, 2.75) is 63.6 Å². The first-order valence-corrected chi connectivity index (χ1v) is 21.4. The van der Waals surface area contributed by atoms with Gasteiger partial charge in [0.2, 0.25) is 0 Å². The quantitative estimate of drug-likeness (QED) is 0.0344. The van der Waals surface area contributed by atoms with E-state index in [2.05, 4.69) is 5.32 Å². The maximum absolute atomic E-state index is 14.4. The van der Waals surface area contributed by atoms with Gasteiger partial charge in [-0.25, -0.2) is 22.6 Å². The van der Waals surface area contributed by atoms with Crippen LogP contribution in [0, 0.1) is 43.1 Å². The molecule has 5 atom stereocenters. The van der Waals surface area contributed by atoms with Gasteiger partial charge in [0, 0.05) is 59.9 Å². The number of imide groups is 1. The molecule has 3 unspecified atom stereocenters. The number of nitrogens with one attached hydrogen (secondary N) is 1. The number of phosphoric ester groups is 1. The normalized spacial score (nSPS) is 19.4. The van der Waals surface area contributed by atoms with Crippen molar-refractivity contribution in [3.8, 4) is 5.75 Å². The molecule has 2 heterocycles. The van der Waals surface area contributed by atoms with Gasteiger partial charge in [-0.1, -0.05) is 23.7 Å². The number of amides is 3. The molecule has 23 heteroatoms. The summed E-state index contributed by atoms with van der Waals surface area (Å²) in [4.78, 5) is 61.4. The van der Waals surface area contributed by atoms with Gasteiger partial charge >= 0.3 is 25.3 Å². The van der Waals surface area contributed by atoms with E-state index in [0.717, 1.165) is 23.7 Å². The Labute approximate surface area is 374 Å². The minimum Gasteiger partial charge on any atom is -0.543 e. The van der Waals surface area contributed by atoms with Gasteiger partial charge in [-0.3, -0.25) is 28.3 Å². The van der Waals surface area contributed by atoms with Crippen molar-refractivity contribution in [1.29, 1.82) is 0 Å². The van der Waals surface area contributed by atoms with Crippen LogP contribution in [0.5, 0.6) is 5.75 Å². The van der Waals surface area contributed by atoms with E-state index < -0.39 is 95.7 Å². The van der Waals surface area contributed by atoms with Crippen molar-refractivity contribution < 1.29 is 105 Å². The number of benzene rings is 2. The van der Waals surface area contributed by atoms with Gasteiger partial charge < -0.3 is 33.5 Å². The molecule has 2 aromatic rings. The summed E-state index contributed by atoms with van der Waals surface area (Å²) in [5.74, 6) is -2.22. The summed E-state index contributed by atoms with van der Waals surface area (Å²) in [5.41, 5.74) is -1.44. The molecule has 2 aromatic carbocycles. The fraction of sp³-hybridized carbons (Fsp3) is 0.444. The average molecular weight is 1130 g/mol. The number of ether oxygens (including phenoxy) is 5. The first kappa shape index (κ1) is 50.3. The summed E-state index contributed by atoms with van der Waals surface area (Å²) < 4.78 is 84.3. The zero-order valence-corrected chi connectivity index (χ0v) is 39.6. The molecule has 0 radical (unpaired) electrons. The number of nitrogens with zero attached hydrogens (tertiary/aromatic N) is 1. The van der Waals surface area contributed by atoms with Crippen LogP contribution in [0.4, 0.5) is 9.59 Å². The Balaban J connectivity index is 0.00000930. The Morgan fingerprint density at radius 3 is 2.24 bits per heavy atom. The van der Waals surface area contributed by atoms with Crippen LogP contribution in [0.2, 0.25) is 5.02 Å². The van der Waals surface area contributed by atoms with Crippen molar-refractivity contribution >= 4 is 70.2 Å². The largest absolute Gasteiger partial charge is 0.543 e. The van der Waals surface area contributed by atoms with Crippen LogP contribution >= 0.6 is 31.0 Å². The number of rotatable bonds is 20. The predicted octanol–water partition coefficient (Wildman–Crippen LogP) is 5.15. The van der Waals surface area contributed by atoms with Crippen molar-refractivity contribution in [2.24, 2.45) is 5.41 Å². The van der Waals surface area contributed by atoms with Gasteiger partial charge in [-0.15, -0.1) is 0 Å². The third-order valence-corrected chi connectivity index (χ3v) is 11.6. The molecule has 2 aliphatic heterocycles. The van der Waals surface area contributed by atoms with Crippen molar-refractivity contribution in [3.05, 3.63) is 77.9 Å². The van der Waals surface area contributed by atoms with E-state index >= 15 is 0 Å². The topological polar surface area (TPSA) is 226 Å². The second kappa shape index (κ2) is 22.7. The number of alkyl carbamates (subject to hydrolysis) is 1. The Morgan fingerprint density at radius 2 is 1.63 bits per heavy atom. The van der Waals surface area contributed by atoms with Gasteiger partial charge in [-0.2, -0.15) is 6.61 Å². The number of phosphoric acid groups is 1. The predicted molar refractivity (Wildman–Crippen MR) is 204 cm³/mol. The van der Waals surface area contributed by atoms with Crippen molar-refractivity contribution in [2.75, 3.05) is 38.7 Å². The van der Waals surface area contributed by atoms with Crippen LogP contribution in [0.1, 0.15) is 33.3 Å². The molecular formula is C36H42Cl2N2O16PSU-. The molecule has 0 saturated carbocycles. The second-order valence-electron chi connectivity index (χ2n) is 13.7. The number of halogens is 2. The molecule has 59 heavy (non-hydrogen) atoms. The molecule has 1 fully saturated rings. The summed E-state index contributed by atoms with van der Waals surface area (Å²) in [7, 11) is -8.65. The van der Waals surface area contributed by atoms with Crippen molar-refractivity contribution in [3.63, 3.8) is 0 Å². The molecule has 2 aliphatic rings. The van der Waals surface area contributed by atoms with E-state index in [9.17, 15) is 37.0 Å². The third-order valence-electron chi connectivity index (χ3n) is 7.91. The minimum absolute atomic E-state index is 0. The number of sulfone groups is 1. The average Bonchev–Trinajstić information content (AvgIpc) is 3.66. The Hall–Kier alpha value is -3.02. The van der Waals surface area contributed by atoms with Gasteiger partial charge in [0.05, 0.1) is 54.6 Å². The van der Waals surface area contributed by atoms with E-state index in [1.165, 1.54) is 55.5 Å². The fourth-order valence-electron chi connectivity index (χ4n) is 5.02. The van der Waals surface area contributed by atoms with Crippen molar-refractivity contribution in [1.82, 2.24) is 10.2 Å². The smallest absolute Gasteiger partial charge is 0.530 e. The summed E-state index contributed by atoms with van der Waals surface area (Å²) >= 11 is 11.1. The monoisotopic (exact) mass is 1130 g/mol. The molecule has 322 valence electrons. The molecule has 4 rings (SSSR count). The molecule has 0 bridgehead atoms. The van der Waals surface area contributed by atoms with E-state index in [1.807, 2.05) is 0 Å². The molecule has 3 amide bonds. The molecular weight excluding hydrogens is 1090 g/mol. The van der Waals surface area contributed by atoms with Crippen LogP contribution in [0.25, 0.3) is 0 Å². The van der Waals surface area contributed by atoms with E-state index in [1.54, 1.807) is 20.8 Å². The standard InChI is InChI=1S/C36H42Cl2N2O16PS.U/c1-23(22-58(47,48)27-11-7-25(37)8-12-27)54-35(45)39-28-20-50-29(21-51-33(43)36(2,3)4)32(28)56-57(46,55-26-9-5-24(6-10-26)19-52-34(38)44)53-18-17-49-16-15-40-30(41)13-14-31(40)42;/h5-14,20,23,28-29,32H,15-19,21-22H2,1-4H3,(H,39,45);/q-1;/t23?,28?,29-,32-,57?;/m1./s1. The molecule has 1 N–H and O–H groups in total. The van der Waals surface area contributed by atoms with Gasteiger partial charge in [0.25, 0.3) is 11.8 Å². The van der Waals surface area contributed by atoms with Crippen LogP contribution in [0.15, 0.2) is 65.6 Å². The summed E-state index contributed by atoms with van der Waals surface area (Å²) in [5, 5.41) is 2.82. The molecule has 0 aromatic heterocycles. The Kier molecular flexibility index (Phi) is 19.4. The minimum atomic E-state index is -4.75. The second-order valence-corrected chi connectivity index (χ2v) is 18.0. The van der Waals surface area contributed by atoms with Gasteiger partial charge in [0.15, 0.2) is 9.84 Å². The van der Waals surface area contributed by atoms with Crippen LogP contribution in [-0.4, -0.2) is 106 Å². The van der Waals surface area contributed by atoms with E-state index in [4.69, 9.17) is 60.5 Å². The van der Waals surface area contributed by atoms with Crippen LogP contribution in [-0.2, 0) is 68.1 Å². The van der Waals surface area contributed by atoms with Crippen LogP contribution < -0.4 is 9.84 Å². The number of hydrogen-bond donors (Lipinski definition) is 1. The van der Waals surface area contributed by atoms with Gasteiger partial charge in [0.1, 0.15) is 25.1 Å². The van der Waals surface area contributed by atoms with E-state index in [-0.39, 0.29) is 68.1 Å². The molecule has 1 saturated heterocycles. The maximum atomic E-state index is 14.4. The number of hydrogen-bond acceptors (Lipinski definition) is 16. The molecule has 0 aliphatic carbocycles. The van der Waals surface area contributed by atoms with Crippen LogP contribution in [0.3, 0.4) is 0 Å². The Morgan fingerprint density at radius 1 is 0.983 bits per heavy atom. The number of carbonyl (C=O) groups is 5. The number of carbonyl (C=O) groups excluding carboxylic acids is 5. The first-order chi connectivity index (χ1) is 27.2. The number of esters is 1. The zero-order chi connectivity index (χ0) is 42.7. The zero-order valence-electron chi connectivity index (χ0n) is 32.2. The summed E-state index contributed by atoms with van der Waals surface area (Å²) in [6.07, 6.45) is -2.64. The molecule has 18 nitrogen and oxygen atoms in total. The van der Waals surface area contributed by atoms with E-state index in [0.29, 0.717) is 10.6 Å². The summed E-state index contributed by atoms with van der Waals surface area (Å²) in [6.45, 7) is 5.98. The SMILES string of the molecule is CC(CS(=O)(=O)c1ccc(Cl)cc1)OC(=O)NC1[CH-]O[C@H](COC(=O)C(C)(C)C)[C@@H]1OP(=O)(OCCOCCN1C(=O)C=CC1=O)Oc1ccc(COC(=O)Cl)cc1.[U].